The van der Waals surface area contributed by atoms with Gasteiger partial charge in [0.1, 0.15) is 11.9 Å². The quantitative estimate of drug-likeness (QED) is 0.811. The standard InChI is InChI=1S/C11H16N2O2/c1-2-14-9-3-4-13-11(7-9)15-10-5-8(12)6-10/h3-4,7-8,10H,2,5-6,12H2,1H3. The van der Waals surface area contributed by atoms with E-state index in [9.17, 15) is 0 Å². The highest BCUT2D eigenvalue weighted by Gasteiger charge is 2.27. The van der Waals surface area contributed by atoms with Crippen LogP contribution in [0, 0.1) is 0 Å². The number of hydrogen-bond donors (Lipinski definition) is 1. The Kier molecular flexibility index (Phi) is 3.06. The average Bonchev–Trinajstić information content (AvgIpc) is 2.17. The molecule has 15 heavy (non-hydrogen) atoms. The highest BCUT2D eigenvalue weighted by Crippen LogP contribution is 2.25. The van der Waals surface area contributed by atoms with E-state index in [-0.39, 0.29) is 6.10 Å². The first-order chi connectivity index (χ1) is 7.28. The smallest absolute Gasteiger partial charge is 0.217 e. The van der Waals surface area contributed by atoms with Crippen molar-refractivity contribution >= 4 is 0 Å². The Morgan fingerprint density at radius 2 is 2.33 bits per heavy atom. The molecule has 1 aliphatic carbocycles. The molecule has 0 spiro atoms. The van der Waals surface area contributed by atoms with Gasteiger partial charge in [-0.15, -0.1) is 0 Å². The summed E-state index contributed by atoms with van der Waals surface area (Å²) >= 11 is 0. The number of ether oxygens (including phenoxy) is 2. The zero-order valence-electron chi connectivity index (χ0n) is 8.85. The first-order valence-electron chi connectivity index (χ1n) is 5.29. The molecule has 0 bridgehead atoms. The predicted molar refractivity (Wildman–Crippen MR) is 57.0 cm³/mol. The largest absolute Gasteiger partial charge is 0.494 e. The minimum Gasteiger partial charge on any atom is -0.494 e. The molecule has 1 aliphatic rings. The van der Waals surface area contributed by atoms with Crippen LogP contribution in [0.3, 0.4) is 0 Å². The van der Waals surface area contributed by atoms with Crippen molar-refractivity contribution in [3.63, 3.8) is 0 Å². The molecule has 82 valence electrons. The fourth-order valence-corrected chi connectivity index (χ4v) is 1.59. The van der Waals surface area contributed by atoms with Crippen molar-refractivity contribution in [3.8, 4) is 11.6 Å². The fraction of sp³-hybridized carbons (Fsp3) is 0.545. The monoisotopic (exact) mass is 208 g/mol. The van der Waals surface area contributed by atoms with Gasteiger partial charge in [0, 0.05) is 18.3 Å². The first kappa shape index (κ1) is 10.2. The number of nitrogens with two attached hydrogens (primary N) is 1. The van der Waals surface area contributed by atoms with Gasteiger partial charge >= 0.3 is 0 Å². The highest BCUT2D eigenvalue weighted by molar-refractivity contribution is 5.26. The van der Waals surface area contributed by atoms with Gasteiger partial charge in [0.15, 0.2) is 0 Å². The van der Waals surface area contributed by atoms with E-state index in [2.05, 4.69) is 4.98 Å². The number of pyridine rings is 1. The Bertz CT molecular complexity index is 324. The molecule has 0 radical (unpaired) electrons. The summed E-state index contributed by atoms with van der Waals surface area (Å²) in [5.41, 5.74) is 5.68. The van der Waals surface area contributed by atoms with Crippen molar-refractivity contribution in [2.45, 2.75) is 31.9 Å². The van der Waals surface area contributed by atoms with Crippen LogP contribution in [0.25, 0.3) is 0 Å². The Morgan fingerprint density at radius 3 is 3.00 bits per heavy atom. The summed E-state index contributed by atoms with van der Waals surface area (Å²) in [6.07, 6.45) is 3.75. The Balaban J connectivity index is 1.93. The van der Waals surface area contributed by atoms with Gasteiger partial charge in [-0.2, -0.15) is 0 Å². The van der Waals surface area contributed by atoms with E-state index < -0.39 is 0 Å². The molecule has 4 nitrogen and oxygen atoms in total. The molecule has 4 heteroatoms. The van der Waals surface area contributed by atoms with Gasteiger partial charge in [-0.3, -0.25) is 0 Å². The zero-order chi connectivity index (χ0) is 10.7. The summed E-state index contributed by atoms with van der Waals surface area (Å²) < 4.78 is 11.0. The lowest BCUT2D eigenvalue weighted by Crippen LogP contribution is -2.43. The second-order valence-corrected chi connectivity index (χ2v) is 3.73. The Hall–Kier alpha value is -1.29. The van der Waals surface area contributed by atoms with Crippen LogP contribution in [0.1, 0.15) is 19.8 Å². The lowest BCUT2D eigenvalue weighted by Gasteiger charge is -2.32. The molecule has 2 rings (SSSR count). The summed E-state index contributed by atoms with van der Waals surface area (Å²) in [6.45, 7) is 2.60. The SMILES string of the molecule is CCOc1ccnc(OC2CC(N)C2)c1. The van der Waals surface area contributed by atoms with Crippen LogP contribution < -0.4 is 15.2 Å². The lowest BCUT2D eigenvalue weighted by atomic mass is 9.90. The molecule has 1 heterocycles. The third-order valence-electron chi connectivity index (χ3n) is 2.44. The minimum absolute atomic E-state index is 0.226. The topological polar surface area (TPSA) is 57.4 Å². The van der Waals surface area contributed by atoms with E-state index >= 15 is 0 Å². The number of rotatable bonds is 4. The number of nitrogens with zero attached hydrogens (tertiary/aromatic N) is 1. The summed E-state index contributed by atoms with van der Waals surface area (Å²) in [5.74, 6) is 1.42. The maximum atomic E-state index is 5.68. The average molecular weight is 208 g/mol. The van der Waals surface area contributed by atoms with Crippen LogP contribution in [0.2, 0.25) is 0 Å². The molecule has 0 unspecified atom stereocenters. The normalized spacial score (nSPS) is 24.4. The van der Waals surface area contributed by atoms with Crippen molar-refractivity contribution in [2.75, 3.05) is 6.61 Å². The highest BCUT2D eigenvalue weighted by atomic mass is 16.5. The molecular weight excluding hydrogens is 192 g/mol. The predicted octanol–water partition coefficient (Wildman–Crippen LogP) is 1.35. The molecule has 1 aromatic heterocycles. The first-order valence-corrected chi connectivity index (χ1v) is 5.29. The molecule has 0 atom stereocenters. The van der Waals surface area contributed by atoms with Crippen LogP contribution in [-0.2, 0) is 0 Å². The third-order valence-corrected chi connectivity index (χ3v) is 2.44. The zero-order valence-corrected chi connectivity index (χ0v) is 8.85. The lowest BCUT2D eigenvalue weighted by molar-refractivity contribution is 0.0954. The van der Waals surface area contributed by atoms with Crippen LogP contribution in [0.4, 0.5) is 0 Å². The minimum atomic E-state index is 0.226. The molecule has 0 saturated heterocycles. The Labute approximate surface area is 89.4 Å². The van der Waals surface area contributed by atoms with Crippen molar-refractivity contribution in [1.29, 1.82) is 0 Å². The molecule has 2 N–H and O–H groups in total. The van der Waals surface area contributed by atoms with Crippen molar-refractivity contribution < 1.29 is 9.47 Å². The van der Waals surface area contributed by atoms with Gasteiger partial charge in [-0.1, -0.05) is 0 Å². The molecule has 0 aliphatic heterocycles. The molecule has 0 aromatic carbocycles. The maximum Gasteiger partial charge on any atom is 0.217 e. The number of aromatic nitrogens is 1. The Morgan fingerprint density at radius 1 is 1.53 bits per heavy atom. The van der Waals surface area contributed by atoms with E-state index in [0.717, 1.165) is 18.6 Å². The van der Waals surface area contributed by atoms with E-state index in [1.165, 1.54) is 0 Å². The fourth-order valence-electron chi connectivity index (χ4n) is 1.59. The second-order valence-electron chi connectivity index (χ2n) is 3.73. The summed E-state index contributed by atoms with van der Waals surface area (Å²) in [6, 6.07) is 3.93. The van der Waals surface area contributed by atoms with Gasteiger partial charge in [0.2, 0.25) is 5.88 Å². The van der Waals surface area contributed by atoms with E-state index in [4.69, 9.17) is 15.2 Å². The molecular formula is C11H16N2O2. The molecule has 1 saturated carbocycles. The maximum absolute atomic E-state index is 5.68. The van der Waals surface area contributed by atoms with Crippen LogP contribution in [0.5, 0.6) is 11.6 Å². The van der Waals surface area contributed by atoms with E-state index in [1.54, 1.807) is 6.20 Å². The summed E-state index contributed by atoms with van der Waals surface area (Å²) in [7, 11) is 0. The van der Waals surface area contributed by atoms with Crippen molar-refractivity contribution in [1.82, 2.24) is 4.98 Å². The van der Waals surface area contributed by atoms with Gasteiger partial charge in [-0.25, -0.2) is 4.98 Å². The van der Waals surface area contributed by atoms with Gasteiger partial charge in [-0.05, 0) is 25.8 Å². The molecule has 0 amide bonds. The molecule has 1 fully saturated rings. The van der Waals surface area contributed by atoms with Crippen LogP contribution in [0.15, 0.2) is 18.3 Å². The number of hydrogen-bond acceptors (Lipinski definition) is 4. The van der Waals surface area contributed by atoms with Crippen molar-refractivity contribution in [2.24, 2.45) is 5.73 Å². The van der Waals surface area contributed by atoms with Gasteiger partial charge in [0.05, 0.1) is 6.61 Å². The third kappa shape index (κ3) is 2.59. The summed E-state index contributed by atoms with van der Waals surface area (Å²) in [5, 5.41) is 0. The van der Waals surface area contributed by atoms with Gasteiger partial charge < -0.3 is 15.2 Å². The summed E-state index contributed by atoms with van der Waals surface area (Å²) in [4.78, 5) is 4.13. The van der Waals surface area contributed by atoms with Crippen LogP contribution in [-0.4, -0.2) is 23.7 Å². The van der Waals surface area contributed by atoms with Crippen LogP contribution >= 0.6 is 0 Å². The second kappa shape index (κ2) is 4.49. The van der Waals surface area contributed by atoms with E-state index in [1.807, 2.05) is 19.1 Å². The molecule has 1 aromatic rings. The van der Waals surface area contributed by atoms with E-state index in [0.29, 0.717) is 18.5 Å². The van der Waals surface area contributed by atoms with Crippen molar-refractivity contribution in [3.05, 3.63) is 18.3 Å². The van der Waals surface area contributed by atoms with Gasteiger partial charge in [0.25, 0.3) is 0 Å².